The highest BCUT2D eigenvalue weighted by Gasteiger charge is 2.54. The molecule has 1 heterocycles. The Morgan fingerprint density at radius 1 is 1.37 bits per heavy atom. The quantitative estimate of drug-likeness (QED) is 0.619. The van der Waals surface area contributed by atoms with E-state index in [1.165, 1.54) is 10.5 Å². The highest BCUT2D eigenvalue weighted by atomic mass is 16.2. The van der Waals surface area contributed by atoms with Gasteiger partial charge in [0.25, 0.3) is 0 Å². The van der Waals surface area contributed by atoms with Crippen LogP contribution in [0.15, 0.2) is 11.6 Å². The molecule has 3 atom stereocenters. The van der Waals surface area contributed by atoms with Crippen LogP contribution in [-0.2, 0) is 9.59 Å². The SMILES string of the molecule is CC(C)CC=C1CC2C(=O)N(CCN)C(=O)C2C1C. The molecule has 2 rings (SSSR count). The Kier molecular flexibility index (Phi) is 4.09. The van der Waals surface area contributed by atoms with Crippen molar-refractivity contribution in [1.82, 2.24) is 4.90 Å². The van der Waals surface area contributed by atoms with Crippen LogP contribution >= 0.6 is 0 Å². The molecule has 2 fully saturated rings. The summed E-state index contributed by atoms with van der Waals surface area (Å²) in [7, 11) is 0. The third kappa shape index (κ3) is 2.46. The highest BCUT2D eigenvalue weighted by Crippen LogP contribution is 2.46. The number of carbonyl (C=O) groups is 2. The second-order valence-corrected chi connectivity index (χ2v) is 6.15. The Labute approximate surface area is 115 Å². The Balaban J connectivity index is 2.15. The zero-order valence-corrected chi connectivity index (χ0v) is 12.1. The number of nitrogens with two attached hydrogens (primary N) is 1. The van der Waals surface area contributed by atoms with Crippen LogP contribution in [0.3, 0.4) is 0 Å². The number of hydrogen-bond donors (Lipinski definition) is 1. The predicted octanol–water partition coefficient (Wildman–Crippen LogP) is 1.56. The van der Waals surface area contributed by atoms with E-state index in [0.717, 1.165) is 12.8 Å². The third-order valence-corrected chi connectivity index (χ3v) is 4.35. The number of imide groups is 1. The van der Waals surface area contributed by atoms with Crippen LogP contribution in [0.2, 0.25) is 0 Å². The molecule has 1 aliphatic heterocycles. The van der Waals surface area contributed by atoms with Crippen molar-refractivity contribution < 1.29 is 9.59 Å². The molecule has 0 spiro atoms. The number of rotatable bonds is 4. The summed E-state index contributed by atoms with van der Waals surface area (Å²) < 4.78 is 0. The van der Waals surface area contributed by atoms with E-state index in [4.69, 9.17) is 5.73 Å². The van der Waals surface area contributed by atoms with Gasteiger partial charge in [0.15, 0.2) is 0 Å². The molecule has 4 heteroatoms. The molecule has 0 radical (unpaired) electrons. The normalized spacial score (nSPS) is 32.8. The van der Waals surface area contributed by atoms with Crippen LogP contribution in [-0.4, -0.2) is 29.8 Å². The first-order valence-corrected chi connectivity index (χ1v) is 7.21. The lowest BCUT2D eigenvalue weighted by Gasteiger charge is -2.17. The molecule has 2 amide bonds. The van der Waals surface area contributed by atoms with Crippen molar-refractivity contribution in [1.29, 1.82) is 0 Å². The van der Waals surface area contributed by atoms with Crippen LogP contribution in [0.1, 0.15) is 33.6 Å². The van der Waals surface area contributed by atoms with Gasteiger partial charge in [0, 0.05) is 13.1 Å². The number of allylic oxidation sites excluding steroid dienone is 2. The molecule has 3 unspecified atom stereocenters. The van der Waals surface area contributed by atoms with Crippen LogP contribution < -0.4 is 5.73 Å². The summed E-state index contributed by atoms with van der Waals surface area (Å²) >= 11 is 0. The van der Waals surface area contributed by atoms with Gasteiger partial charge in [-0.3, -0.25) is 14.5 Å². The van der Waals surface area contributed by atoms with E-state index < -0.39 is 0 Å². The molecule has 0 aromatic rings. The Hall–Kier alpha value is -1.16. The average Bonchev–Trinajstić information content (AvgIpc) is 2.79. The van der Waals surface area contributed by atoms with Crippen molar-refractivity contribution >= 4 is 11.8 Å². The van der Waals surface area contributed by atoms with Gasteiger partial charge >= 0.3 is 0 Å². The fraction of sp³-hybridized carbons (Fsp3) is 0.733. The van der Waals surface area contributed by atoms with Crippen molar-refractivity contribution in [3.8, 4) is 0 Å². The van der Waals surface area contributed by atoms with Crippen LogP contribution in [0.4, 0.5) is 0 Å². The maximum atomic E-state index is 12.3. The van der Waals surface area contributed by atoms with E-state index in [0.29, 0.717) is 19.0 Å². The molecule has 1 saturated heterocycles. The van der Waals surface area contributed by atoms with E-state index in [1.807, 2.05) is 0 Å². The van der Waals surface area contributed by atoms with Crippen LogP contribution in [0.5, 0.6) is 0 Å². The number of nitrogens with zero attached hydrogens (tertiary/aromatic N) is 1. The second kappa shape index (κ2) is 5.45. The van der Waals surface area contributed by atoms with Gasteiger partial charge in [-0.05, 0) is 24.7 Å². The number of carbonyl (C=O) groups excluding carboxylic acids is 2. The minimum atomic E-state index is -0.141. The number of amides is 2. The lowest BCUT2D eigenvalue weighted by molar-refractivity contribution is -0.140. The average molecular weight is 264 g/mol. The molecule has 0 aromatic carbocycles. The van der Waals surface area contributed by atoms with Crippen molar-refractivity contribution in [2.75, 3.05) is 13.1 Å². The van der Waals surface area contributed by atoms with Crippen molar-refractivity contribution in [3.63, 3.8) is 0 Å². The standard InChI is InChI=1S/C15H24N2O2/c1-9(2)4-5-11-8-12-13(10(11)3)15(19)17(7-6-16)14(12)18/h5,9-10,12-13H,4,6-8,16H2,1-3H3. The maximum absolute atomic E-state index is 12.3. The summed E-state index contributed by atoms with van der Waals surface area (Å²) in [5, 5.41) is 0. The maximum Gasteiger partial charge on any atom is 0.233 e. The van der Waals surface area contributed by atoms with E-state index in [9.17, 15) is 9.59 Å². The van der Waals surface area contributed by atoms with Gasteiger partial charge in [0.05, 0.1) is 11.8 Å². The number of hydrogen-bond acceptors (Lipinski definition) is 3. The Morgan fingerprint density at radius 2 is 2.05 bits per heavy atom. The summed E-state index contributed by atoms with van der Waals surface area (Å²) in [5.41, 5.74) is 6.76. The first-order chi connectivity index (χ1) is 8.97. The zero-order chi connectivity index (χ0) is 14.2. The van der Waals surface area contributed by atoms with E-state index in [1.54, 1.807) is 0 Å². The van der Waals surface area contributed by atoms with Gasteiger partial charge in [-0.15, -0.1) is 0 Å². The third-order valence-electron chi connectivity index (χ3n) is 4.35. The van der Waals surface area contributed by atoms with Gasteiger partial charge in [-0.2, -0.15) is 0 Å². The summed E-state index contributed by atoms with van der Waals surface area (Å²) in [6.07, 6.45) is 4.01. The first kappa shape index (κ1) is 14.3. The minimum Gasteiger partial charge on any atom is -0.329 e. The molecule has 2 N–H and O–H groups in total. The molecule has 1 aliphatic carbocycles. The molecule has 106 valence electrons. The lowest BCUT2D eigenvalue weighted by Crippen LogP contribution is -2.36. The Morgan fingerprint density at radius 3 is 2.58 bits per heavy atom. The lowest BCUT2D eigenvalue weighted by atomic mass is 9.91. The minimum absolute atomic E-state index is 0.0131. The molecule has 19 heavy (non-hydrogen) atoms. The summed E-state index contributed by atoms with van der Waals surface area (Å²) in [4.78, 5) is 25.9. The van der Waals surface area contributed by atoms with Gasteiger partial charge in [0.1, 0.15) is 0 Å². The molecule has 1 saturated carbocycles. The first-order valence-electron chi connectivity index (χ1n) is 7.21. The monoisotopic (exact) mass is 264 g/mol. The van der Waals surface area contributed by atoms with Crippen molar-refractivity contribution in [3.05, 3.63) is 11.6 Å². The highest BCUT2D eigenvalue weighted by molar-refractivity contribution is 6.06. The molecule has 4 nitrogen and oxygen atoms in total. The molecule has 2 aliphatic rings. The van der Waals surface area contributed by atoms with Crippen molar-refractivity contribution in [2.45, 2.75) is 33.6 Å². The molecular weight excluding hydrogens is 240 g/mol. The van der Waals surface area contributed by atoms with E-state index in [-0.39, 0.29) is 29.6 Å². The molecular formula is C15H24N2O2. The number of fused-ring (bicyclic) bond motifs is 1. The van der Waals surface area contributed by atoms with Gasteiger partial charge in [-0.1, -0.05) is 32.4 Å². The largest absolute Gasteiger partial charge is 0.329 e. The smallest absolute Gasteiger partial charge is 0.233 e. The topological polar surface area (TPSA) is 63.4 Å². The van der Waals surface area contributed by atoms with E-state index >= 15 is 0 Å². The second-order valence-electron chi connectivity index (χ2n) is 6.15. The van der Waals surface area contributed by atoms with Gasteiger partial charge < -0.3 is 5.73 Å². The van der Waals surface area contributed by atoms with Gasteiger partial charge in [-0.25, -0.2) is 0 Å². The van der Waals surface area contributed by atoms with E-state index in [2.05, 4.69) is 26.8 Å². The summed E-state index contributed by atoms with van der Waals surface area (Å²) in [6, 6.07) is 0. The fourth-order valence-corrected chi connectivity index (χ4v) is 3.27. The van der Waals surface area contributed by atoms with Crippen LogP contribution in [0, 0.1) is 23.7 Å². The zero-order valence-electron chi connectivity index (χ0n) is 12.1. The molecule has 0 aromatic heterocycles. The van der Waals surface area contributed by atoms with Crippen LogP contribution in [0.25, 0.3) is 0 Å². The number of likely N-dealkylation sites (tertiary alicyclic amines) is 1. The predicted molar refractivity (Wildman–Crippen MR) is 74.1 cm³/mol. The Bertz CT molecular complexity index is 414. The van der Waals surface area contributed by atoms with Crippen molar-refractivity contribution in [2.24, 2.45) is 29.4 Å². The summed E-state index contributed by atoms with van der Waals surface area (Å²) in [5.74, 6) is 0.509. The fourth-order valence-electron chi connectivity index (χ4n) is 3.27. The molecule has 0 bridgehead atoms. The summed E-state index contributed by atoms with van der Waals surface area (Å²) in [6.45, 7) is 7.14. The van der Waals surface area contributed by atoms with Gasteiger partial charge in [0.2, 0.25) is 11.8 Å².